The minimum absolute atomic E-state index is 0.0665. The van der Waals surface area contributed by atoms with Crippen LogP contribution in [-0.2, 0) is 0 Å². The number of amides is 2. The largest absolute Gasteiger partial charge is 0.354 e. The molecule has 1 fully saturated rings. The van der Waals surface area contributed by atoms with Crippen LogP contribution in [-0.4, -0.2) is 36.5 Å². The smallest absolute Gasteiger partial charge is 0.257 e. The monoisotopic (exact) mass is 383 g/mol. The summed E-state index contributed by atoms with van der Waals surface area (Å²) < 4.78 is 0. The van der Waals surface area contributed by atoms with Gasteiger partial charge >= 0.3 is 0 Å². The van der Waals surface area contributed by atoms with E-state index in [2.05, 4.69) is 10.2 Å². The number of nitrogens with one attached hydrogen (secondary N) is 1. The standard InChI is InChI=1S/C21H22ClN3O2/c1-24-18-12-14(20(26)23-16-7-5-6-15(22)13-16)9-10-17(18)21(27)25-11-4-2-3-8-19(24)25/h5-7,9-10,12-13,19H,2-4,8,11H2,1H3,(H,23,26)/t19-/m0/s1. The fourth-order valence-electron chi connectivity index (χ4n) is 3.96. The van der Waals surface area contributed by atoms with E-state index in [0.29, 0.717) is 21.8 Å². The maximum atomic E-state index is 12.9. The van der Waals surface area contributed by atoms with Crippen molar-refractivity contribution < 1.29 is 9.59 Å². The van der Waals surface area contributed by atoms with Crippen LogP contribution in [0.15, 0.2) is 42.5 Å². The number of halogens is 1. The second kappa shape index (κ2) is 7.24. The highest BCUT2D eigenvalue weighted by atomic mass is 35.5. The Bertz CT molecular complexity index is 899. The van der Waals surface area contributed by atoms with Crippen LogP contribution in [0.5, 0.6) is 0 Å². The van der Waals surface area contributed by atoms with Gasteiger partial charge in [0.15, 0.2) is 0 Å². The molecule has 2 aromatic rings. The Morgan fingerprint density at radius 1 is 1.15 bits per heavy atom. The first-order chi connectivity index (χ1) is 13.0. The predicted octanol–water partition coefficient (Wildman–Crippen LogP) is 4.38. The van der Waals surface area contributed by atoms with Gasteiger partial charge in [-0.25, -0.2) is 0 Å². The number of rotatable bonds is 2. The SMILES string of the molecule is CN1c2cc(C(=O)Nc3cccc(Cl)c3)ccc2C(=O)N2CCCCC[C@H]21. The van der Waals surface area contributed by atoms with Crippen LogP contribution < -0.4 is 10.2 Å². The molecule has 2 aromatic carbocycles. The van der Waals surface area contributed by atoms with Gasteiger partial charge in [-0.2, -0.15) is 0 Å². The zero-order valence-electron chi connectivity index (χ0n) is 15.2. The molecule has 0 saturated carbocycles. The van der Waals surface area contributed by atoms with E-state index in [0.717, 1.165) is 37.9 Å². The van der Waals surface area contributed by atoms with E-state index in [1.165, 1.54) is 0 Å². The molecule has 140 valence electrons. The molecule has 1 saturated heterocycles. The number of anilines is 2. The molecular formula is C21H22ClN3O2. The number of hydrogen-bond acceptors (Lipinski definition) is 3. The number of carbonyl (C=O) groups is 2. The molecule has 2 heterocycles. The van der Waals surface area contributed by atoms with Crippen molar-refractivity contribution in [2.45, 2.75) is 31.8 Å². The quantitative estimate of drug-likeness (QED) is 0.837. The van der Waals surface area contributed by atoms with Crippen molar-refractivity contribution in [1.29, 1.82) is 0 Å². The molecular weight excluding hydrogens is 362 g/mol. The Kier molecular flexibility index (Phi) is 4.79. The third-order valence-corrected chi connectivity index (χ3v) is 5.62. The Hall–Kier alpha value is -2.53. The van der Waals surface area contributed by atoms with Gasteiger partial charge in [-0.15, -0.1) is 0 Å². The Balaban J connectivity index is 1.63. The molecule has 1 atom stereocenters. The molecule has 1 N–H and O–H groups in total. The highest BCUT2D eigenvalue weighted by Crippen LogP contribution is 2.34. The predicted molar refractivity (Wildman–Crippen MR) is 108 cm³/mol. The van der Waals surface area contributed by atoms with Crippen LogP contribution in [0.2, 0.25) is 5.02 Å². The highest BCUT2D eigenvalue weighted by molar-refractivity contribution is 6.31. The maximum Gasteiger partial charge on any atom is 0.257 e. The molecule has 6 heteroatoms. The lowest BCUT2D eigenvalue weighted by atomic mass is 10.0. The normalized spacial score (nSPS) is 19.2. The summed E-state index contributed by atoms with van der Waals surface area (Å²) in [7, 11) is 2.01. The molecule has 27 heavy (non-hydrogen) atoms. The molecule has 0 bridgehead atoms. The zero-order valence-corrected chi connectivity index (χ0v) is 16.0. The molecule has 0 spiro atoms. The van der Waals surface area contributed by atoms with Crippen molar-refractivity contribution in [3.05, 3.63) is 58.6 Å². The van der Waals surface area contributed by atoms with Gasteiger partial charge in [0.25, 0.3) is 11.8 Å². The number of nitrogens with zero attached hydrogens (tertiary/aromatic N) is 2. The molecule has 0 aromatic heterocycles. The van der Waals surface area contributed by atoms with E-state index >= 15 is 0 Å². The summed E-state index contributed by atoms with van der Waals surface area (Å²) in [5.74, 6) is -0.152. The number of hydrogen-bond donors (Lipinski definition) is 1. The van der Waals surface area contributed by atoms with Crippen LogP contribution in [0.3, 0.4) is 0 Å². The van der Waals surface area contributed by atoms with Crippen LogP contribution in [0, 0.1) is 0 Å². The Morgan fingerprint density at radius 2 is 2.00 bits per heavy atom. The van der Waals surface area contributed by atoms with E-state index in [1.807, 2.05) is 18.0 Å². The first kappa shape index (κ1) is 17.9. The highest BCUT2D eigenvalue weighted by Gasteiger charge is 2.36. The van der Waals surface area contributed by atoms with Gasteiger partial charge in [0.05, 0.1) is 11.3 Å². The first-order valence-corrected chi connectivity index (χ1v) is 9.67. The maximum absolute atomic E-state index is 12.9. The lowest BCUT2D eigenvalue weighted by molar-refractivity contribution is 0.0661. The van der Waals surface area contributed by atoms with Crippen molar-refractivity contribution in [3.63, 3.8) is 0 Å². The van der Waals surface area contributed by atoms with Crippen LogP contribution >= 0.6 is 11.6 Å². The molecule has 2 aliphatic heterocycles. The average Bonchev–Trinajstić information content (AvgIpc) is 2.92. The van der Waals surface area contributed by atoms with Gasteiger partial charge in [0.2, 0.25) is 0 Å². The summed E-state index contributed by atoms with van der Waals surface area (Å²) in [5.41, 5.74) is 2.65. The molecule has 0 radical (unpaired) electrons. The second-order valence-corrected chi connectivity index (χ2v) is 7.57. The third-order valence-electron chi connectivity index (χ3n) is 5.38. The Morgan fingerprint density at radius 3 is 2.81 bits per heavy atom. The third kappa shape index (κ3) is 3.39. The summed E-state index contributed by atoms with van der Waals surface area (Å²) in [5, 5.41) is 3.43. The topological polar surface area (TPSA) is 52.7 Å². The second-order valence-electron chi connectivity index (χ2n) is 7.14. The minimum atomic E-state index is -0.218. The van der Waals surface area contributed by atoms with E-state index in [1.54, 1.807) is 36.4 Å². The fourth-order valence-corrected chi connectivity index (χ4v) is 4.15. The number of benzene rings is 2. The molecule has 0 aliphatic carbocycles. The van der Waals surface area contributed by atoms with Gasteiger partial charge in [0, 0.05) is 29.9 Å². The summed E-state index contributed by atoms with van der Waals surface area (Å²) in [6.07, 6.45) is 4.34. The Labute approximate surface area is 163 Å². The van der Waals surface area contributed by atoms with E-state index in [4.69, 9.17) is 11.6 Å². The molecule has 2 aliphatic rings. The van der Waals surface area contributed by atoms with Gasteiger partial charge in [0.1, 0.15) is 6.17 Å². The van der Waals surface area contributed by atoms with Crippen molar-refractivity contribution in [2.75, 3.05) is 23.8 Å². The van der Waals surface area contributed by atoms with Crippen molar-refractivity contribution in [3.8, 4) is 0 Å². The van der Waals surface area contributed by atoms with Crippen molar-refractivity contribution in [2.24, 2.45) is 0 Å². The van der Waals surface area contributed by atoms with Crippen molar-refractivity contribution in [1.82, 2.24) is 4.90 Å². The fraction of sp³-hybridized carbons (Fsp3) is 0.333. The van der Waals surface area contributed by atoms with Gasteiger partial charge in [-0.3, -0.25) is 9.59 Å². The molecule has 2 amide bonds. The van der Waals surface area contributed by atoms with E-state index in [9.17, 15) is 9.59 Å². The van der Waals surface area contributed by atoms with Gasteiger partial charge in [-0.05, 0) is 55.7 Å². The minimum Gasteiger partial charge on any atom is -0.354 e. The lowest BCUT2D eigenvalue weighted by Crippen LogP contribution is -2.53. The molecule has 0 unspecified atom stereocenters. The average molecular weight is 384 g/mol. The van der Waals surface area contributed by atoms with E-state index in [-0.39, 0.29) is 18.0 Å². The van der Waals surface area contributed by atoms with Crippen LogP contribution in [0.25, 0.3) is 0 Å². The van der Waals surface area contributed by atoms with Crippen molar-refractivity contribution >= 4 is 34.8 Å². The zero-order chi connectivity index (χ0) is 19.0. The lowest BCUT2D eigenvalue weighted by Gasteiger charge is -2.43. The van der Waals surface area contributed by atoms with Crippen LogP contribution in [0.4, 0.5) is 11.4 Å². The summed E-state index contributed by atoms with van der Waals surface area (Å²) in [6.45, 7) is 0.796. The molecule has 5 nitrogen and oxygen atoms in total. The van der Waals surface area contributed by atoms with E-state index < -0.39 is 0 Å². The number of fused-ring (bicyclic) bond motifs is 2. The summed E-state index contributed by atoms with van der Waals surface area (Å²) >= 11 is 5.98. The first-order valence-electron chi connectivity index (χ1n) is 9.29. The molecule has 4 rings (SSSR count). The van der Waals surface area contributed by atoms with Gasteiger partial charge in [-0.1, -0.05) is 24.1 Å². The summed E-state index contributed by atoms with van der Waals surface area (Å²) in [6, 6.07) is 12.3. The summed E-state index contributed by atoms with van der Waals surface area (Å²) in [4.78, 5) is 29.7. The number of carbonyl (C=O) groups excluding carboxylic acids is 2. The van der Waals surface area contributed by atoms with Gasteiger partial charge < -0.3 is 15.1 Å². The van der Waals surface area contributed by atoms with Crippen LogP contribution in [0.1, 0.15) is 46.4 Å².